The van der Waals surface area contributed by atoms with Gasteiger partial charge >= 0.3 is 11.9 Å². The van der Waals surface area contributed by atoms with Crippen LogP contribution in [-0.4, -0.2) is 25.7 Å². The van der Waals surface area contributed by atoms with Crippen LogP contribution in [0.3, 0.4) is 0 Å². The van der Waals surface area contributed by atoms with Crippen LogP contribution in [0.15, 0.2) is 24.3 Å². The Balaban J connectivity index is 2.70. The zero-order valence-corrected chi connectivity index (χ0v) is 11.8. The van der Waals surface area contributed by atoms with Gasteiger partial charge in [-0.2, -0.15) is 0 Å². The Morgan fingerprint density at radius 1 is 1.25 bits per heavy atom. The van der Waals surface area contributed by atoms with Gasteiger partial charge in [0.1, 0.15) is 6.61 Å². The Morgan fingerprint density at radius 2 is 2.00 bits per heavy atom. The first kappa shape index (κ1) is 15.8. The van der Waals surface area contributed by atoms with Gasteiger partial charge in [-0.25, -0.2) is 0 Å². The van der Waals surface area contributed by atoms with Gasteiger partial charge in [0.25, 0.3) is 0 Å². The third-order valence-corrected chi connectivity index (χ3v) is 2.38. The molecule has 0 spiro atoms. The molecule has 1 aromatic rings. The van der Waals surface area contributed by atoms with Gasteiger partial charge in [-0.3, -0.25) is 9.59 Å². The van der Waals surface area contributed by atoms with Crippen LogP contribution in [0.4, 0.5) is 0 Å². The van der Waals surface area contributed by atoms with Gasteiger partial charge in [0.2, 0.25) is 0 Å². The number of hydrogen-bond donors (Lipinski definition) is 0. The lowest BCUT2D eigenvalue weighted by Crippen LogP contribution is -2.03. The number of carbonyl (C=O) groups excluding carboxylic acids is 2. The average molecular weight is 278 g/mol. The third-order valence-electron chi connectivity index (χ3n) is 2.38. The first-order valence-corrected chi connectivity index (χ1v) is 6.25. The molecule has 1 aromatic carbocycles. The van der Waals surface area contributed by atoms with E-state index in [-0.39, 0.29) is 12.6 Å². The summed E-state index contributed by atoms with van der Waals surface area (Å²) in [4.78, 5) is 21.9. The van der Waals surface area contributed by atoms with E-state index in [0.29, 0.717) is 17.9 Å². The lowest BCUT2D eigenvalue weighted by molar-refractivity contribution is -0.142. The van der Waals surface area contributed by atoms with Crippen molar-refractivity contribution in [2.24, 2.45) is 0 Å². The summed E-state index contributed by atoms with van der Waals surface area (Å²) in [6.45, 7) is 3.29. The molecule has 20 heavy (non-hydrogen) atoms. The van der Waals surface area contributed by atoms with Crippen LogP contribution in [0.1, 0.15) is 25.8 Å². The molecule has 1 rings (SSSR count). The molecule has 0 radical (unpaired) electrons. The molecule has 0 atom stereocenters. The monoisotopic (exact) mass is 278 g/mol. The molecule has 0 fully saturated rings. The van der Waals surface area contributed by atoms with Gasteiger partial charge in [-0.15, -0.1) is 0 Å². The van der Waals surface area contributed by atoms with Crippen LogP contribution >= 0.6 is 0 Å². The molecule has 0 amide bonds. The number of hydrogen-bond acceptors (Lipinski definition) is 5. The fourth-order valence-corrected chi connectivity index (χ4v) is 1.45. The normalized spacial score (nSPS) is 10.3. The predicted octanol–water partition coefficient (Wildman–Crippen LogP) is 2.59. The summed E-state index contributed by atoms with van der Waals surface area (Å²) in [5, 5.41) is 0. The molecule has 5 nitrogen and oxygen atoms in total. The largest absolute Gasteiger partial charge is 0.493 e. The molecule has 0 saturated heterocycles. The highest BCUT2D eigenvalue weighted by Crippen LogP contribution is 2.28. The molecule has 108 valence electrons. The van der Waals surface area contributed by atoms with E-state index in [1.165, 1.54) is 14.0 Å². The van der Waals surface area contributed by atoms with Crippen LogP contribution in [0.5, 0.6) is 11.5 Å². The molecular formula is C15H18O5. The number of methoxy groups -OCH3 is 1. The molecule has 0 aliphatic carbocycles. The summed E-state index contributed by atoms with van der Waals surface area (Å²) < 4.78 is 15.1. The number of rotatable bonds is 6. The van der Waals surface area contributed by atoms with E-state index < -0.39 is 5.97 Å². The fraction of sp³-hybridized carbons (Fsp3) is 0.333. The zero-order valence-electron chi connectivity index (χ0n) is 11.8. The Bertz CT molecular complexity index is 505. The summed E-state index contributed by atoms with van der Waals surface area (Å²) in [6, 6.07) is 5.16. The van der Waals surface area contributed by atoms with Crippen molar-refractivity contribution in [2.75, 3.05) is 13.7 Å². The molecule has 0 unspecified atom stereocenters. The van der Waals surface area contributed by atoms with Crippen molar-refractivity contribution in [3.8, 4) is 11.5 Å². The number of ether oxygens (including phenoxy) is 3. The molecule has 0 aliphatic heterocycles. The quantitative estimate of drug-likeness (QED) is 0.591. The highest BCUT2D eigenvalue weighted by atomic mass is 16.6. The van der Waals surface area contributed by atoms with E-state index >= 15 is 0 Å². The summed E-state index contributed by atoms with van der Waals surface area (Å²) in [6.07, 6.45) is 3.88. The molecule has 0 heterocycles. The second kappa shape index (κ2) is 7.99. The van der Waals surface area contributed by atoms with Crippen LogP contribution in [-0.2, 0) is 14.3 Å². The van der Waals surface area contributed by atoms with Crippen molar-refractivity contribution in [2.45, 2.75) is 20.3 Å². The maximum Gasteiger partial charge on any atom is 0.308 e. The maximum absolute atomic E-state index is 10.9. The van der Waals surface area contributed by atoms with Crippen LogP contribution in [0, 0.1) is 0 Å². The Hall–Kier alpha value is -2.30. The minimum absolute atomic E-state index is 0.223. The van der Waals surface area contributed by atoms with Gasteiger partial charge in [0.05, 0.1) is 7.11 Å². The van der Waals surface area contributed by atoms with Gasteiger partial charge in [-0.05, 0) is 23.8 Å². The first-order valence-electron chi connectivity index (χ1n) is 6.25. The van der Waals surface area contributed by atoms with E-state index in [0.717, 1.165) is 5.56 Å². The van der Waals surface area contributed by atoms with E-state index in [9.17, 15) is 9.59 Å². The summed E-state index contributed by atoms with van der Waals surface area (Å²) in [7, 11) is 1.50. The van der Waals surface area contributed by atoms with Crippen molar-refractivity contribution < 1.29 is 23.8 Å². The number of esters is 2. The Kier molecular flexibility index (Phi) is 6.29. The molecule has 5 heteroatoms. The summed E-state index contributed by atoms with van der Waals surface area (Å²) in [5.41, 5.74) is 0.852. The second-order valence-electron chi connectivity index (χ2n) is 3.94. The molecular weight excluding hydrogens is 260 g/mol. The van der Waals surface area contributed by atoms with E-state index in [4.69, 9.17) is 14.2 Å². The number of benzene rings is 1. The molecule has 0 bridgehead atoms. The minimum atomic E-state index is -0.405. The van der Waals surface area contributed by atoms with Crippen molar-refractivity contribution in [3.05, 3.63) is 29.8 Å². The lowest BCUT2D eigenvalue weighted by atomic mass is 10.2. The lowest BCUT2D eigenvalue weighted by Gasteiger charge is -2.08. The van der Waals surface area contributed by atoms with Crippen molar-refractivity contribution in [3.63, 3.8) is 0 Å². The zero-order chi connectivity index (χ0) is 15.0. The van der Waals surface area contributed by atoms with Crippen LogP contribution in [0.25, 0.3) is 6.08 Å². The Morgan fingerprint density at radius 3 is 2.60 bits per heavy atom. The summed E-state index contributed by atoms with van der Waals surface area (Å²) >= 11 is 0. The van der Waals surface area contributed by atoms with Crippen molar-refractivity contribution >= 4 is 18.0 Å². The van der Waals surface area contributed by atoms with Gasteiger partial charge in [0.15, 0.2) is 11.5 Å². The second-order valence-corrected chi connectivity index (χ2v) is 3.94. The Labute approximate surface area is 118 Å². The maximum atomic E-state index is 10.9. The summed E-state index contributed by atoms with van der Waals surface area (Å²) in [5.74, 6) is 0.193. The SMILES string of the molecule is CCC(=O)OC/C=C/c1ccc(OC(C)=O)c(OC)c1. The molecule has 0 aromatic heterocycles. The average Bonchev–Trinajstić information content (AvgIpc) is 2.43. The molecule has 0 aliphatic rings. The smallest absolute Gasteiger partial charge is 0.308 e. The van der Waals surface area contributed by atoms with Gasteiger partial charge < -0.3 is 14.2 Å². The fourth-order valence-electron chi connectivity index (χ4n) is 1.45. The van der Waals surface area contributed by atoms with Crippen LogP contribution in [0.2, 0.25) is 0 Å². The predicted molar refractivity (Wildman–Crippen MR) is 74.6 cm³/mol. The van der Waals surface area contributed by atoms with Crippen molar-refractivity contribution in [1.82, 2.24) is 0 Å². The molecule has 0 N–H and O–H groups in total. The van der Waals surface area contributed by atoms with E-state index in [1.54, 1.807) is 37.3 Å². The van der Waals surface area contributed by atoms with Gasteiger partial charge in [-0.1, -0.05) is 19.1 Å². The minimum Gasteiger partial charge on any atom is -0.493 e. The van der Waals surface area contributed by atoms with E-state index in [2.05, 4.69) is 0 Å². The standard InChI is InChI=1S/C15H18O5/c1-4-15(17)19-9-5-6-12-7-8-13(20-11(2)16)14(10-12)18-3/h5-8,10H,4,9H2,1-3H3/b6-5+. The first-order chi connectivity index (χ1) is 9.56. The van der Waals surface area contributed by atoms with E-state index in [1.807, 2.05) is 0 Å². The third kappa shape index (κ3) is 5.14. The van der Waals surface area contributed by atoms with Crippen molar-refractivity contribution in [1.29, 1.82) is 0 Å². The highest BCUT2D eigenvalue weighted by Gasteiger charge is 2.06. The molecule has 0 saturated carbocycles. The number of carbonyl (C=O) groups is 2. The van der Waals surface area contributed by atoms with Crippen LogP contribution < -0.4 is 9.47 Å². The topological polar surface area (TPSA) is 61.8 Å². The highest BCUT2D eigenvalue weighted by molar-refractivity contribution is 5.71. The van der Waals surface area contributed by atoms with Gasteiger partial charge in [0, 0.05) is 13.3 Å².